The fraction of sp³-hybridized carbons (Fsp3) is 0.211. The van der Waals surface area contributed by atoms with Gasteiger partial charge in [0.1, 0.15) is 10.8 Å². The second-order valence-corrected chi connectivity index (χ2v) is 7.04. The summed E-state index contributed by atoms with van der Waals surface area (Å²) in [4.78, 5) is 36.5. The van der Waals surface area contributed by atoms with Crippen LogP contribution >= 0.6 is 11.3 Å². The van der Waals surface area contributed by atoms with E-state index in [1.54, 1.807) is 6.07 Å². The lowest BCUT2D eigenvalue weighted by molar-refractivity contribution is -0.142. The molecular weight excluding hydrogens is 371 g/mol. The third-order valence-corrected chi connectivity index (χ3v) is 5.28. The van der Waals surface area contributed by atoms with Crippen molar-refractivity contribution in [1.82, 2.24) is 0 Å². The minimum atomic E-state index is -0.780. The first-order valence-electron chi connectivity index (χ1n) is 8.29. The SMILES string of the molecule is NC(=O)c1c(NC(=O)COC(=O)/C=C\c2ccccc2F)sc2c1CCC2. The Morgan fingerprint density at radius 1 is 1.26 bits per heavy atom. The molecule has 0 saturated heterocycles. The number of halogens is 1. The number of rotatable bonds is 6. The molecule has 0 aliphatic heterocycles. The van der Waals surface area contributed by atoms with Crippen molar-refractivity contribution >= 4 is 40.2 Å². The van der Waals surface area contributed by atoms with E-state index in [4.69, 9.17) is 10.5 Å². The summed E-state index contributed by atoms with van der Waals surface area (Å²) >= 11 is 1.32. The van der Waals surface area contributed by atoms with Crippen LogP contribution in [0.15, 0.2) is 30.3 Å². The number of esters is 1. The highest BCUT2D eigenvalue weighted by molar-refractivity contribution is 7.17. The lowest BCUT2D eigenvalue weighted by Gasteiger charge is -2.06. The van der Waals surface area contributed by atoms with Crippen molar-refractivity contribution in [2.75, 3.05) is 11.9 Å². The van der Waals surface area contributed by atoms with Gasteiger partial charge in [-0.05, 0) is 37.0 Å². The standard InChI is InChI=1S/C19H17FN2O4S/c20-13-6-2-1-4-11(13)8-9-16(24)26-10-15(23)22-19-17(18(21)25)12-5-3-7-14(12)27-19/h1-2,4,6,8-9H,3,5,7,10H2,(H2,21,25)(H,22,23)/b9-8-. The average molecular weight is 388 g/mol. The topological polar surface area (TPSA) is 98.5 Å². The van der Waals surface area contributed by atoms with Crippen LogP contribution in [0.4, 0.5) is 9.39 Å². The third kappa shape index (κ3) is 4.40. The molecule has 0 atom stereocenters. The number of primary amides is 1. The number of thiophene rings is 1. The summed E-state index contributed by atoms with van der Waals surface area (Å²) in [5.41, 5.74) is 6.90. The molecule has 0 fully saturated rings. The van der Waals surface area contributed by atoms with Gasteiger partial charge >= 0.3 is 5.97 Å². The molecule has 1 aromatic carbocycles. The number of aryl methyl sites for hydroxylation is 1. The van der Waals surface area contributed by atoms with Crippen LogP contribution < -0.4 is 11.1 Å². The second-order valence-electron chi connectivity index (χ2n) is 5.94. The average Bonchev–Trinajstić information content (AvgIpc) is 3.19. The molecule has 1 aromatic heterocycles. The van der Waals surface area contributed by atoms with Gasteiger partial charge in [-0.15, -0.1) is 11.3 Å². The molecule has 140 valence electrons. The lowest BCUT2D eigenvalue weighted by atomic mass is 10.1. The minimum absolute atomic E-state index is 0.234. The van der Waals surface area contributed by atoms with Crippen LogP contribution in [0.25, 0.3) is 6.08 Å². The van der Waals surface area contributed by atoms with E-state index < -0.39 is 30.2 Å². The number of hydrogen-bond donors (Lipinski definition) is 2. The van der Waals surface area contributed by atoms with E-state index in [0.717, 1.165) is 35.8 Å². The Bertz CT molecular complexity index is 936. The monoisotopic (exact) mass is 388 g/mol. The van der Waals surface area contributed by atoms with Crippen LogP contribution in [0, 0.1) is 5.82 Å². The Morgan fingerprint density at radius 3 is 2.78 bits per heavy atom. The van der Waals surface area contributed by atoms with Crippen molar-refractivity contribution < 1.29 is 23.5 Å². The number of benzene rings is 1. The van der Waals surface area contributed by atoms with Gasteiger partial charge in [0.25, 0.3) is 11.8 Å². The van der Waals surface area contributed by atoms with Gasteiger partial charge in [0.15, 0.2) is 6.61 Å². The maximum atomic E-state index is 13.5. The van der Waals surface area contributed by atoms with E-state index in [-0.39, 0.29) is 5.56 Å². The fourth-order valence-electron chi connectivity index (χ4n) is 2.87. The second kappa shape index (κ2) is 8.13. The Balaban J connectivity index is 1.57. The molecular formula is C19H17FN2O4S. The zero-order valence-electron chi connectivity index (χ0n) is 14.3. The number of ether oxygens (including phenoxy) is 1. The molecule has 0 unspecified atom stereocenters. The molecule has 2 aromatic rings. The molecule has 6 nitrogen and oxygen atoms in total. The number of hydrogen-bond acceptors (Lipinski definition) is 5. The molecule has 3 rings (SSSR count). The number of carbonyl (C=O) groups excluding carboxylic acids is 3. The van der Waals surface area contributed by atoms with Crippen LogP contribution in [-0.4, -0.2) is 24.4 Å². The van der Waals surface area contributed by atoms with Gasteiger partial charge in [0, 0.05) is 16.5 Å². The Labute approximate surface area is 158 Å². The largest absolute Gasteiger partial charge is 0.452 e. The first-order valence-corrected chi connectivity index (χ1v) is 9.11. The van der Waals surface area contributed by atoms with E-state index in [1.165, 1.54) is 35.6 Å². The van der Waals surface area contributed by atoms with E-state index >= 15 is 0 Å². The number of nitrogens with two attached hydrogens (primary N) is 1. The summed E-state index contributed by atoms with van der Waals surface area (Å²) in [6, 6.07) is 5.95. The van der Waals surface area contributed by atoms with Crippen LogP contribution in [0.3, 0.4) is 0 Å². The number of anilines is 1. The highest BCUT2D eigenvalue weighted by Gasteiger charge is 2.26. The van der Waals surface area contributed by atoms with E-state index in [9.17, 15) is 18.8 Å². The van der Waals surface area contributed by atoms with Crippen LogP contribution in [0.2, 0.25) is 0 Å². The number of amides is 2. The van der Waals surface area contributed by atoms with Crippen molar-refractivity contribution in [2.45, 2.75) is 19.3 Å². The highest BCUT2D eigenvalue weighted by Crippen LogP contribution is 2.38. The van der Waals surface area contributed by atoms with Crippen LogP contribution in [0.1, 0.15) is 32.8 Å². The van der Waals surface area contributed by atoms with E-state index in [0.29, 0.717) is 10.6 Å². The van der Waals surface area contributed by atoms with Crippen molar-refractivity contribution in [2.24, 2.45) is 5.73 Å². The lowest BCUT2D eigenvalue weighted by Crippen LogP contribution is -2.22. The van der Waals surface area contributed by atoms with Gasteiger partial charge in [-0.3, -0.25) is 9.59 Å². The summed E-state index contributed by atoms with van der Waals surface area (Å²) in [6.07, 6.45) is 4.88. The molecule has 0 spiro atoms. The molecule has 0 radical (unpaired) electrons. The Kier molecular flexibility index (Phi) is 5.66. The summed E-state index contributed by atoms with van der Waals surface area (Å²) in [5, 5.41) is 2.96. The van der Waals surface area contributed by atoms with Crippen LogP contribution in [-0.2, 0) is 27.2 Å². The third-order valence-electron chi connectivity index (χ3n) is 4.07. The molecule has 2 amide bonds. The molecule has 0 bridgehead atoms. The maximum absolute atomic E-state index is 13.5. The first kappa shape index (κ1) is 18.8. The molecule has 0 saturated carbocycles. The van der Waals surface area contributed by atoms with Gasteiger partial charge in [-0.25, -0.2) is 9.18 Å². The molecule has 27 heavy (non-hydrogen) atoms. The Morgan fingerprint density at radius 2 is 2.04 bits per heavy atom. The quantitative estimate of drug-likeness (QED) is 0.587. The van der Waals surface area contributed by atoms with Gasteiger partial charge in [-0.2, -0.15) is 0 Å². The number of carbonyl (C=O) groups is 3. The molecule has 8 heteroatoms. The van der Waals surface area contributed by atoms with Crippen molar-refractivity contribution in [3.63, 3.8) is 0 Å². The molecule has 1 aliphatic carbocycles. The maximum Gasteiger partial charge on any atom is 0.331 e. The smallest absolute Gasteiger partial charge is 0.331 e. The van der Waals surface area contributed by atoms with E-state index in [1.807, 2.05) is 0 Å². The minimum Gasteiger partial charge on any atom is -0.452 e. The zero-order valence-corrected chi connectivity index (χ0v) is 15.1. The van der Waals surface area contributed by atoms with Gasteiger partial charge in [0.2, 0.25) is 0 Å². The van der Waals surface area contributed by atoms with Crippen molar-refractivity contribution in [1.29, 1.82) is 0 Å². The summed E-state index contributed by atoms with van der Waals surface area (Å²) in [7, 11) is 0. The zero-order chi connectivity index (χ0) is 19.4. The number of nitrogens with one attached hydrogen (secondary N) is 1. The molecule has 1 heterocycles. The number of fused-ring (bicyclic) bond motifs is 1. The van der Waals surface area contributed by atoms with Gasteiger partial charge in [0.05, 0.1) is 5.56 Å². The first-order chi connectivity index (χ1) is 13.0. The van der Waals surface area contributed by atoms with Gasteiger partial charge in [-0.1, -0.05) is 18.2 Å². The summed E-state index contributed by atoms with van der Waals surface area (Å²) in [6.45, 7) is -0.527. The normalized spacial score (nSPS) is 12.8. The van der Waals surface area contributed by atoms with Crippen molar-refractivity contribution in [3.8, 4) is 0 Å². The van der Waals surface area contributed by atoms with Crippen molar-refractivity contribution in [3.05, 3.63) is 57.7 Å². The van der Waals surface area contributed by atoms with Gasteiger partial charge < -0.3 is 15.8 Å². The molecule has 1 aliphatic rings. The van der Waals surface area contributed by atoms with Crippen LogP contribution in [0.5, 0.6) is 0 Å². The molecule has 3 N–H and O–H groups in total. The van der Waals surface area contributed by atoms with E-state index in [2.05, 4.69) is 5.32 Å². The summed E-state index contributed by atoms with van der Waals surface area (Å²) < 4.78 is 18.3. The summed E-state index contributed by atoms with van der Waals surface area (Å²) in [5.74, 6) is -2.42. The predicted molar refractivity (Wildman–Crippen MR) is 99.9 cm³/mol. The highest BCUT2D eigenvalue weighted by atomic mass is 32.1. The predicted octanol–water partition coefficient (Wildman–Crippen LogP) is 2.67. The fourth-order valence-corrected chi connectivity index (χ4v) is 4.18. The Hall–Kier alpha value is -3.00.